The molecule has 1 N–H and O–H groups in total. The molecule has 5 nitrogen and oxygen atoms in total. The Labute approximate surface area is 150 Å². The van der Waals surface area contributed by atoms with Gasteiger partial charge in [0.25, 0.3) is 5.91 Å². The second-order valence-electron chi connectivity index (χ2n) is 5.81. The molecule has 3 rings (SSSR count). The molecule has 1 amide bonds. The maximum absolute atomic E-state index is 12.1. The maximum atomic E-state index is 12.1. The van der Waals surface area contributed by atoms with E-state index in [4.69, 9.17) is 0 Å². The topological polar surface area (TPSA) is 48.5 Å². The van der Waals surface area contributed by atoms with Crippen LogP contribution in [-0.4, -0.2) is 55.1 Å². The Balaban J connectivity index is 1.40. The molecule has 0 unspecified atom stereocenters. The van der Waals surface area contributed by atoms with Crippen molar-refractivity contribution in [1.29, 1.82) is 0 Å². The fraction of sp³-hybridized carbons (Fsp3) is 0.333. The maximum Gasteiger partial charge on any atom is 0.252 e. The molecule has 1 aliphatic heterocycles. The first-order valence-corrected chi connectivity index (χ1v) is 8.93. The monoisotopic (exact) mass is 388 g/mol. The number of carbonyl (C=O) groups is 1. The Bertz CT molecular complexity index is 672. The number of rotatable bonds is 5. The van der Waals surface area contributed by atoms with Gasteiger partial charge in [-0.2, -0.15) is 0 Å². The number of hydrogen-bond acceptors (Lipinski definition) is 4. The standard InChI is InChI=1S/C18H21BrN4O/c19-16-12-15(13-20-14-16)18(24)21-6-7-22-8-10-23(11-9-22)17-4-2-1-3-5-17/h1-5,12-14H,6-11H2,(H,21,24). The van der Waals surface area contributed by atoms with Gasteiger partial charge in [-0.1, -0.05) is 18.2 Å². The van der Waals surface area contributed by atoms with Crippen LogP contribution in [0.2, 0.25) is 0 Å². The van der Waals surface area contributed by atoms with Crippen molar-refractivity contribution in [3.05, 3.63) is 58.8 Å². The molecule has 1 aliphatic rings. The van der Waals surface area contributed by atoms with Crippen LogP contribution in [0.4, 0.5) is 5.69 Å². The molecule has 0 bridgehead atoms. The van der Waals surface area contributed by atoms with Crippen LogP contribution in [0.3, 0.4) is 0 Å². The molecule has 2 aromatic rings. The SMILES string of the molecule is O=C(NCCN1CCN(c2ccccc2)CC1)c1cncc(Br)c1. The highest BCUT2D eigenvalue weighted by Gasteiger charge is 2.17. The van der Waals surface area contributed by atoms with Crippen molar-refractivity contribution in [2.45, 2.75) is 0 Å². The van der Waals surface area contributed by atoms with Gasteiger partial charge in [0.2, 0.25) is 0 Å². The van der Waals surface area contributed by atoms with Crippen LogP contribution in [0.1, 0.15) is 10.4 Å². The van der Waals surface area contributed by atoms with Gasteiger partial charge in [0.15, 0.2) is 0 Å². The van der Waals surface area contributed by atoms with Crippen molar-refractivity contribution in [1.82, 2.24) is 15.2 Å². The lowest BCUT2D eigenvalue weighted by atomic mass is 10.2. The quantitative estimate of drug-likeness (QED) is 0.854. The van der Waals surface area contributed by atoms with Gasteiger partial charge in [0.1, 0.15) is 0 Å². The van der Waals surface area contributed by atoms with Crippen molar-refractivity contribution in [3.63, 3.8) is 0 Å². The van der Waals surface area contributed by atoms with Crippen LogP contribution in [0, 0.1) is 0 Å². The highest BCUT2D eigenvalue weighted by atomic mass is 79.9. The third kappa shape index (κ3) is 4.55. The van der Waals surface area contributed by atoms with Crippen LogP contribution in [0.5, 0.6) is 0 Å². The van der Waals surface area contributed by atoms with Crippen molar-refractivity contribution < 1.29 is 4.79 Å². The number of anilines is 1. The van der Waals surface area contributed by atoms with Crippen LogP contribution >= 0.6 is 15.9 Å². The number of para-hydroxylation sites is 1. The van der Waals surface area contributed by atoms with Crippen molar-refractivity contribution in [2.24, 2.45) is 0 Å². The summed E-state index contributed by atoms with van der Waals surface area (Å²) in [5.74, 6) is -0.0771. The summed E-state index contributed by atoms with van der Waals surface area (Å²) in [6.07, 6.45) is 3.25. The summed E-state index contributed by atoms with van der Waals surface area (Å²) in [7, 11) is 0. The number of halogens is 1. The summed E-state index contributed by atoms with van der Waals surface area (Å²) in [5, 5.41) is 2.96. The predicted octanol–water partition coefficient (Wildman–Crippen LogP) is 2.40. The Hall–Kier alpha value is -1.92. The number of hydrogen-bond donors (Lipinski definition) is 1. The fourth-order valence-electron chi connectivity index (χ4n) is 2.83. The van der Waals surface area contributed by atoms with Gasteiger partial charge in [0.05, 0.1) is 5.56 Å². The number of aromatic nitrogens is 1. The molecule has 126 valence electrons. The van der Waals surface area contributed by atoms with Gasteiger partial charge in [-0.3, -0.25) is 14.7 Å². The van der Waals surface area contributed by atoms with E-state index in [2.05, 4.69) is 60.3 Å². The Morgan fingerprint density at radius 3 is 2.58 bits per heavy atom. The number of piperazine rings is 1. The second kappa shape index (κ2) is 8.26. The van der Waals surface area contributed by atoms with Crippen molar-refractivity contribution in [2.75, 3.05) is 44.2 Å². The Morgan fingerprint density at radius 2 is 1.88 bits per heavy atom. The lowest BCUT2D eigenvalue weighted by Crippen LogP contribution is -2.48. The molecular weight excluding hydrogens is 368 g/mol. The van der Waals surface area contributed by atoms with E-state index < -0.39 is 0 Å². The van der Waals surface area contributed by atoms with E-state index in [1.54, 1.807) is 18.5 Å². The molecular formula is C18H21BrN4O. The van der Waals surface area contributed by atoms with Crippen molar-refractivity contribution in [3.8, 4) is 0 Å². The number of carbonyl (C=O) groups excluding carboxylic acids is 1. The number of amides is 1. The molecule has 6 heteroatoms. The molecule has 0 saturated carbocycles. The minimum atomic E-state index is -0.0771. The smallest absolute Gasteiger partial charge is 0.252 e. The summed E-state index contributed by atoms with van der Waals surface area (Å²) in [5.41, 5.74) is 1.87. The lowest BCUT2D eigenvalue weighted by molar-refractivity contribution is 0.0947. The average molecular weight is 389 g/mol. The molecule has 1 saturated heterocycles. The molecule has 0 spiro atoms. The van der Waals surface area contributed by atoms with Gasteiger partial charge >= 0.3 is 0 Å². The van der Waals surface area contributed by atoms with Crippen molar-refractivity contribution >= 4 is 27.5 Å². The molecule has 24 heavy (non-hydrogen) atoms. The molecule has 1 fully saturated rings. The minimum absolute atomic E-state index is 0.0771. The average Bonchev–Trinajstić information content (AvgIpc) is 2.63. The highest BCUT2D eigenvalue weighted by molar-refractivity contribution is 9.10. The molecule has 2 heterocycles. The molecule has 1 aromatic carbocycles. The van der Waals surface area contributed by atoms with E-state index in [1.807, 2.05) is 6.07 Å². The number of pyridine rings is 1. The van der Waals surface area contributed by atoms with Gasteiger partial charge in [-0.25, -0.2) is 0 Å². The zero-order valence-corrected chi connectivity index (χ0v) is 15.1. The first kappa shape index (κ1) is 16.9. The van der Waals surface area contributed by atoms with Gasteiger partial charge in [-0.05, 0) is 34.1 Å². The van der Waals surface area contributed by atoms with Gasteiger partial charge in [0, 0.05) is 61.8 Å². The molecule has 1 aromatic heterocycles. The summed E-state index contributed by atoms with van der Waals surface area (Å²) in [6, 6.07) is 12.3. The minimum Gasteiger partial charge on any atom is -0.369 e. The molecule has 0 atom stereocenters. The third-order valence-corrected chi connectivity index (χ3v) is 4.61. The Morgan fingerprint density at radius 1 is 1.12 bits per heavy atom. The van der Waals surface area contributed by atoms with Gasteiger partial charge < -0.3 is 10.2 Å². The largest absolute Gasteiger partial charge is 0.369 e. The number of benzene rings is 1. The summed E-state index contributed by atoms with van der Waals surface area (Å²) < 4.78 is 0.812. The second-order valence-corrected chi connectivity index (χ2v) is 6.73. The number of nitrogens with zero attached hydrogens (tertiary/aromatic N) is 3. The first-order valence-electron chi connectivity index (χ1n) is 8.13. The van der Waals surface area contributed by atoms with E-state index in [0.29, 0.717) is 12.1 Å². The zero-order chi connectivity index (χ0) is 16.8. The van der Waals surface area contributed by atoms with E-state index in [1.165, 1.54) is 5.69 Å². The summed E-state index contributed by atoms with van der Waals surface area (Å²) in [4.78, 5) is 20.9. The summed E-state index contributed by atoms with van der Waals surface area (Å²) >= 11 is 3.33. The molecule has 0 aliphatic carbocycles. The predicted molar refractivity (Wildman–Crippen MR) is 99.4 cm³/mol. The highest BCUT2D eigenvalue weighted by Crippen LogP contribution is 2.15. The summed E-state index contributed by atoms with van der Waals surface area (Å²) in [6.45, 7) is 5.60. The Kier molecular flexibility index (Phi) is 5.82. The van der Waals surface area contributed by atoms with Crippen LogP contribution < -0.4 is 10.2 Å². The fourth-order valence-corrected chi connectivity index (χ4v) is 3.20. The van der Waals surface area contributed by atoms with E-state index in [9.17, 15) is 4.79 Å². The molecule has 0 radical (unpaired) electrons. The third-order valence-electron chi connectivity index (χ3n) is 4.17. The lowest BCUT2D eigenvalue weighted by Gasteiger charge is -2.36. The zero-order valence-electron chi connectivity index (χ0n) is 13.5. The van der Waals surface area contributed by atoms with Crippen LogP contribution in [-0.2, 0) is 0 Å². The number of nitrogens with one attached hydrogen (secondary N) is 1. The first-order chi connectivity index (χ1) is 11.7. The normalized spacial score (nSPS) is 15.3. The van der Waals surface area contributed by atoms with E-state index in [0.717, 1.165) is 37.2 Å². The van der Waals surface area contributed by atoms with Crippen LogP contribution in [0.25, 0.3) is 0 Å². The van der Waals surface area contributed by atoms with E-state index >= 15 is 0 Å². The van der Waals surface area contributed by atoms with E-state index in [-0.39, 0.29) is 5.91 Å². The van der Waals surface area contributed by atoms with Crippen LogP contribution in [0.15, 0.2) is 53.3 Å². The van der Waals surface area contributed by atoms with Gasteiger partial charge in [-0.15, -0.1) is 0 Å².